The number of carbonyl (C=O) groups excluding carboxylic acids is 1. The number of nitrogens with zero attached hydrogens (tertiary/aromatic N) is 3. The molecule has 1 fully saturated rings. The van der Waals surface area contributed by atoms with Crippen LogP contribution in [0, 0.1) is 12.7 Å². The van der Waals surface area contributed by atoms with Gasteiger partial charge in [-0.2, -0.15) is 4.98 Å². The maximum Gasteiger partial charge on any atom is 0.258 e. The van der Waals surface area contributed by atoms with Gasteiger partial charge in [-0.3, -0.25) is 4.79 Å². The van der Waals surface area contributed by atoms with Crippen molar-refractivity contribution in [3.05, 3.63) is 35.1 Å². The van der Waals surface area contributed by atoms with E-state index in [4.69, 9.17) is 0 Å². The normalized spacial score (nSPS) is 17.1. The van der Waals surface area contributed by atoms with Gasteiger partial charge in [0.2, 0.25) is 5.95 Å². The molecule has 2 heterocycles. The van der Waals surface area contributed by atoms with E-state index in [1.54, 1.807) is 13.0 Å². The zero-order chi connectivity index (χ0) is 20.4. The lowest BCUT2D eigenvalue weighted by Crippen LogP contribution is -2.50. The molecule has 1 aliphatic heterocycles. The summed E-state index contributed by atoms with van der Waals surface area (Å²) in [4.78, 5) is 24.2. The van der Waals surface area contributed by atoms with Crippen molar-refractivity contribution in [2.75, 3.05) is 30.0 Å². The lowest BCUT2D eigenvalue weighted by atomic mass is 9.93. The summed E-state index contributed by atoms with van der Waals surface area (Å²) >= 11 is 0. The summed E-state index contributed by atoms with van der Waals surface area (Å²) in [6.07, 6.45) is 5.67. The molecule has 4 rings (SSSR count). The minimum atomic E-state index is -0.332. The Kier molecular flexibility index (Phi) is 5.62. The molecule has 0 unspecified atom stereocenters. The monoisotopic (exact) mass is 399 g/mol. The molecule has 8 heteroatoms. The third-order valence-corrected chi connectivity index (χ3v) is 5.65. The summed E-state index contributed by atoms with van der Waals surface area (Å²) in [6, 6.07) is 4.77. The minimum Gasteiger partial charge on any atom is -0.395 e. The van der Waals surface area contributed by atoms with Gasteiger partial charge >= 0.3 is 0 Å². The number of carbonyl (C=O) groups is 1. The fourth-order valence-electron chi connectivity index (χ4n) is 4.22. The van der Waals surface area contributed by atoms with Crippen LogP contribution in [0.5, 0.6) is 0 Å². The summed E-state index contributed by atoms with van der Waals surface area (Å²) in [5.41, 5.74) is 2.29. The van der Waals surface area contributed by atoms with Gasteiger partial charge < -0.3 is 20.6 Å². The summed E-state index contributed by atoms with van der Waals surface area (Å²) < 4.78 is 13.7. The second-order valence-electron chi connectivity index (χ2n) is 7.63. The van der Waals surface area contributed by atoms with E-state index in [0.29, 0.717) is 53.4 Å². The highest BCUT2D eigenvalue weighted by atomic mass is 19.1. The second kappa shape index (κ2) is 8.32. The molecular weight excluding hydrogens is 373 g/mol. The van der Waals surface area contributed by atoms with Gasteiger partial charge in [0.15, 0.2) is 0 Å². The second-order valence-corrected chi connectivity index (χ2v) is 7.63. The molecule has 29 heavy (non-hydrogen) atoms. The van der Waals surface area contributed by atoms with E-state index < -0.39 is 0 Å². The Labute approximate surface area is 169 Å². The van der Waals surface area contributed by atoms with Crippen molar-refractivity contribution in [3.63, 3.8) is 0 Å². The van der Waals surface area contributed by atoms with Crippen molar-refractivity contribution in [1.29, 1.82) is 0 Å². The fraction of sp³-hybridized carbons (Fsp3) is 0.476. The van der Waals surface area contributed by atoms with Crippen LogP contribution < -0.4 is 15.5 Å². The first kappa shape index (κ1) is 19.6. The minimum absolute atomic E-state index is 0.0574. The Balaban J connectivity index is 1.87. The van der Waals surface area contributed by atoms with Gasteiger partial charge in [0.25, 0.3) is 5.91 Å². The maximum absolute atomic E-state index is 13.7. The molecular formula is C21H26FN5O2. The van der Waals surface area contributed by atoms with E-state index >= 15 is 0 Å². The number of hydrogen-bond donors (Lipinski definition) is 3. The lowest BCUT2D eigenvalue weighted by molar-refractivity contribution is 0.0944. The summed E-state index contributed by atoms with van der Waals surface area (Å²) in [6.45, 7) is 2.45. The van der Waals surface area contributed by atoms with Crippen molar-refractivity contribution in [1.82, 2.24) is 15.3 Å². The number of benzene rings is 1. The molecule has 1 saturated carbocycles. The molecule has 7 nitrogen and oxygen atoms in total. The van der Waals surface area contributed by atoms with E-state index in [0.717, 1.165) is 25.7 Å². The van der Waals surface area contributed by atoms with Crippen LogP contribution in [0.1, 0.15) is 48.0 Å². The van der Waals surface area contributed by atoms with Crippen LogP contribution in [0.4, 0.5) is 16.2 Å². The Bertz CT molecular complexity index is 914. The number of aromatic nitrogens is 2. The van der Waals surface area contributed by atoms with Crippen LogP contribution in [0.15, 0.2) is 18.2 Å². The quantitative estimate of drug-likeness (QED) is 0.716. The van der Waals surface area contributed by atoms with Gasteiger partial charge in [-0.15, -0.1) is 0 Å². The van der Waals surface area contributed by atoms with Crippen molar-refractivity contribution >= 4 is 17.7 Å². The third kappa shape index (κ3) is 3.89. The lowest BCUT2D eigenvalue weighted by Gasteiger charge is -2.39. The van der Waals surface area contributed by atoms with Crippen LogP contribution in [0.25, 0.3) is 11.3 Å². The number of hydrogen-bond acceptors (Lipinski definition) is 6. The first-order valence-electron chi connectivity index (χ1n) is 10.2. The van der Waals surface area contributed by atoms with Crippen LogP contribution in [0.3, 0.4) is 0 Å². The highest BCUT2D eigenvalue weighted by Gasteiger charge is 2.34. The van der Waals surface area contributed by atoms with Gasteiger partial charge in [-0.25, -0.2) is 9.37 Å². The predicted octanol–water partition coefficient (Wildman–Crippen LogP) is 2.84. The average Bonchev–Trinajstić information content (AvgIpc) is 2.72. The largest absolute Gasteiger partial charge is 0.395 e. The van der Waals surface area contributed by atoms with Gasteiger partial charge in [0.1, 0.15) is 17.2 Å². The summed E-state index contributed by atoms with van der Waals surface area (Å²) in [5.74, 6) is 0.405. The molecule has 1 aromatic carbocycles. The van der Waals surface area contributed by atoms with Crippen LogP contribution in [0.2, 0.25) is 0 Å². The number of aryl methyl sites for hydroxylation is 1. The summed E-state index contributed by atoms with van der Waals surface area (Å²) in [5, 5.41) is 15.2. The molecule has 0 atom stereocenters. The van der Waals surface area contributed by atoms with Crippen molar-refractivity contribution in [2.45, 2.75) is 45.1 Å². The summed E-state index contributed by atoms with van der Waals surface area (Å²) in [7, 11) is 0. The average molecular weight is 399 g/mol. The van der Waals surface area contributed by atoms with Crippen LogP contribution >= 0.6 is 0 Å². The highest BCUT2D eigenvalue weighted by molar-refractivity contribution is 6.06. The first-order chi connectivity index (χ1) is 14.1. The zero-order valence-corrected chi connectivity index (χ0v) is 16.5. The van der Waals surface area contributed by atoms with Gasteiger partial charge in [-0.05, 0) is 43.5 Å². The van der Waals surface area contributed by atoms with Crippen molar-refractivity contribution < 1.29 is 14.3 Å². The van der Waals surface area contributed by atoms with E-state index in [9.17, 15) is 14.3 Å². The molecule has 2 aromatic rings. The number of nitrogens with one attached hydrogen (secondary N) is 2. The molecule has 1 aliphatic carbocycles. The number of aliphatic hydroxyl groups excluding tert-OH is 1. The molecule has 0 radical (unpaired) electrons. The van der Waals surface area contributed by atoms with Crippen molar-refractivity contribution in [3.8, 4) is 11.3 Å². The maximum atomic E-state index is 13.7. The number of aliphatic hydroxyl groups is 1. The Morgan fingerprint density at radius 3 is 2.79 bits per heavy atom. The Hall–Kier alpha value is -2.74. The van der Waals surface area contributed by atoms with Gasteiger partial charge in [-0.1, -0.05) is 19.3 Å². The highest BCUT2D eigenvalue weighted by Crippen LogP contribution is 2.36. The van der Waals surface area contributed by atoms with Gasteiger partial charge in [0.05, 0.1) is 19.0 Å². The smallest absolute Gasteiger partial charge is 0.258 e. The first-order valence-corrected chi connectivity index (χ1v) is 10.2. The molecule has 0 spiro atoms. The predicted molar refractivity (Wildman–Crippen MR) is 109 cm³/mol. The van der Waals surface area contributed by atoms with E-state index in [-0.39, 0.29) is 18.3 Å². The molecule has 3 N–H and O–H groups in total. The van der Waals surface area contributed by atoms with Crippen LogP contribution in [-0.4, -0.2) is 46.8 Å². The Morgan fingerprint density at radius 1 is 1.28 bits per heavy atom. The standard InChI is InChI=1S/C21H26FN5O2/c1-13-11-14(22)7-8-16(13)18-17-19(26-21(25-18)23-9-10-28)27(12-24-20(17)29)15-5-3-2-4-6-15/h7-8,11,15,28H,2-6,9-10,12H2,1H3,(H,24,29)(H,23,25,26). The number of anilines is 2. The number of fused-ring (bicyclic) bond motifs is 1. The topological polar surface area (TPSA) is 90.4 Å². The molecule has 0 saturated heterocycles. The van der Waals surface area contributed by atoms with Gasteiger partial charge in [0, 0.05) is 18.2 Å². The molecule has 1 aromatic heterocycles. The molecule has 154 valence electrons. The van der Waals surface area contributed by atoms with E-state index in [2.05, 4.69) is 25.5 Å². The number of amides is 1. The molecule has 2 aliphatic rings. The van der Waals surface area contributed by atoms with Crippen molar-refractivity contribution in [2.24, 2.45) is 0 Å². The third-order valence-electron chi connectivity index (χ3n) is 5.65. The molecule has 0 bridgehead atoms. The Morgan fingerprint density at radius 2 is 2.07 bits per heavy atom. The molecule has 1 amide bonds. The zero-order valence-electron chi connectivity index (χ0n) is 16.5. The fourth-order valence-corrected chi connectivity index (χ4v) is 4.22. The van der Waals surface area contributed by atoms with E-state index in [1.165, 1.54) is 18.6 Å². The number of rotatable bonds is 5. The SMILES string of the molecule is Cc1cc(F)ccc1-c1nc(NCCO)nc2c1C(=O)NCN2C1CCCCC1. The van der Waals surface area contributed by atoms with Crippen LogP contribution in [-0.2, 0) is 0 Å². The number of halogens is 1. The van der Waals surface area contributed by atoms with E-state index in [1.807, 2.05) is 0 Å².